The Morgan fingerprint density at radius 2 is 1.57 bits per heavy atom. The van der Waals surface area contributed by atoms with E-state index in [4.69, 9.17) is 4.74 Å². The van der Waals surface area contributed by atoms with Gasteiger partial charge in [-0.05, 0) is 51.3 Å². The molecule has 0 atom stereocenters. The molecule has 0 radical (unpaired) electrons. The number of carbonyl (C=O) groups is 1. The van der Waals surface area contributed by atoms with Crippen molar-refractivity contribution >= 4 is 11.8 Å². The minimum atomic E-state index is -0.469. The second kappa shape index (κ2) is 9.59. The topological polar surface area (TPSA) is 29.5 Å². The average Bonchev–Trinajstić information content (AvgIpc) is 2.49. The zero-order valence-corrected chi connectivity index (χ0v) is 15.5. The average molecular weight is 319 g/mol. The first kappa shape index (κ1) is 19.5. The number of aryl methyl sites for hydroxylation is 1. The van der Waals surface area contributed by atoms with E-state index in [0.717, 1.165) is 12.1 Å². The summed E-state index contributed by atoms with van der Waals surface area (Å²) >= 11 is 0. The molecule has 0 N–H and O–H groups in total. The van der Waals surface area contributed by atoms with Gasteiger partial charge >= 0.3 is 6.09 Å². The number of rotatable bonds is 8. The second-order valence-electron chi connectivity index (χ2n) is 7.22. The fourth-order valence-corrected chi connectivity index (χ4v) is 2.43. The third-order valence-electron chi connectivity index (χ3n) is 3.81. The molecule has 0 aliphatic rings. The van der Waals surface area contributed by atoms with Gasteiger partial charge in [-0.3, -0.25) is 4.90 Å². The predicted molar refractivity (Wildman–Crippen MR) is 98.2 cm³/mol. The van der Waals surface area contributed by atoms with E-state index >= 15 is 0 Å². The number of amides is 1. The van der Waals surface area contributed by atoms with Crippen LogP contribution in [0, 0.1) is 0 Å². The monoisotopic (exact) mass is 319 g/mol. The normalized spacial score (nSPS) is 11.3. The van der Waals surface area contributed by atoms with Gasteiger partial charge in [0.25, 0.3) is 0 Å². The number of unbranched alkanes of at least 4 members (excludes halogenated alkanes) is 5. The molecular weight excluding hydrogens is 286 g/mol. The van der Waals surface area contributed by atoms with Crippen LogP contribution >= 0.6 is 0 Å². The zero-order valence-electron chi connectivity index (χ0n) is 15.5. The molecule has 0 unspecified atom stereocenters. The van der Waals surface area contributed by atoms with Crippen LogP contribution in [0.25, 0.3) is 0 Å². The van der Waals surface area contributed by atoms with E-state index in [9.17, 15) is 4.79 Å². The summed E-state index contributed by atoms with van der Waals surface area (Å²) in [6.07, 6.45) is 8.69. The highest BCUT2D eigenvalue weighted by atomic mass is 16.6. The predicted octanol–water partition coefficient (Wildman–Crippen LogP) is 5.96. The molecule has 0 aliphatic carbocycles. The quantitative estimate of drug-likeness (QED) is 0.553. The summed E-state index contributed by atoms with van der Waals surface area (Å²) in [6, 6.07) is 8.22. The van der Waals surface area contributed by atoms with Gasteiger partial charge in [0.1, 0.15) is 5.60 Å². The van der Waals surface area contributed by atoms with Gasteiger partial charge in [0.2, 0.25) is 0 Å². The van der Waals surface area contributed by atoms with Crippen LogP contribution in [0.1, 0.15) is 71.8 Å². The molecule has 3 nitrogen and oxygen atoms in total. The maximum atomic E-state index is 12.0. The van der Waals surface area contributed by atoms with Crippen molar-refractivity contribution in [1.82, 2.24) is 0 Å². The molecule has 3 heteroatoms. The Hall–Kier alpha value is -1.51. The summed E-state index contributed by atoms with van der Waals surface area (Å²) in [5.41, 5.74) is 1.73. The molecule has 0 saturated carbocycles. The van der Waals surface area contributed by atoms with Gasteiger partial charge in [-0.25, -0.2) is 4.79 Å². The summed E-state index contributed by atoms with van der Waals surface area (Å²) in [5, 5.41) is 0. The van der Waals surface area contributed by atoms with E-state index in [1.54, 1.807) is 11.9 Å². The molecule has 0 spiro atoms. The van der Waals surface area contributed by atoms with Gasteiger partial charge in [-0.2, -0.15) is 0 Å². The molecule has 0 heterocycles. The zero-order chi connectivity index (χ0) is 17.3. The lowest BCUT2D eigenvalue weighted by atomic mass is 10.0. The standard InChI is InChI=1S/C20H33NO2/c1-6-7-8-9-10-11-12-17-13-15-18(16-14-17)21(5)19(22)23-20(2,3)4/h13-16H,6-12H2,1-5H3. The number of benzene rings is 1. The second-order valence-corrected chi connectivity index (χ2v) is 7.22. The van der Waals surface area contributed by atoms with E-state index in [-0.39, 0.29) is 6.09 Å². The van der Waals surface area contributed by atoms with Crippen molar-refractivity contribution in [3.8, 4) is 0 Å². The van der Waals surface area contributed by atoms with Crippen LogP contribution in [0.4, 0.5) is 10.5 Å². The smallest absolute Gasteiger partial charge is 0.414 e. The van der Waals surface area contributed by atoms with Crippen LogP contribution in [-0.4, -0.2) is 18.7 Å². The summed E-state index contributed by atoms with van der Waals surface area (Å²) in [7, 11) is 1.75. The molecular formula is C20H33NO2. The number of hydrogen-bond acceptors (Lipinski definition) is 2. The molecule has 0 saturated heterocycles. The van der Waals surface area contributed by atoms with Crippen molar-refractivity contribution in [3.63, 3.8) is 0 Å². The molecule has 1 aromatic rings. The van der Waals surface area contributed by atoms with Gasteiger partial charge in [0.15, 0.2) is 0 Å². The molecule has 0 aliphatic heterocycles. The SMILES string of the molecule is CCCCCCCCc1ccc(N(C)C(=O)OC(C)(C)C)cc1. The number of carbonyl (C=O) groups excluding carboxylic acids is 1. The molecule has 23 heavy (non-hydrogen) atoms. The molecule has 0 fully saturated rings. The summed E-state index contributed by atoms with van der Waals surface area (Å²) in [5.74, 6) is 0. The minimum Gasteiger partial charge on any atom is -0.443 e. The van der Waals surface area contributed by atoms with Gasteiger partial charge in [0, 0.05) is 12.7 Å². The Balaban J connectivity index is 2.42. The Kier molecular flexibility index (Phi) is 8.15. The highest BCUT2D eigenvalue weighted by molar-refractivity contribution is 5.87. The molecule has 0 bridgehead atoms. The maximum absolute atomic E-state index is 12.0. The summed E-state index contributed by atoms with van der Waals surface area (Å²) in [4.78, 5) is 13.6. The van der Waals surface area contributed by atoms with Crippen LogP contribution in [0.5, 0.6) is 0 Å². The lowest BCUT2D eigenvalue weighted by Crippen LogP contribution is -2.34. The first-order chi connectivity index (χ1) is 10.8. The largest absolute Gasteiger partial charge is 0.443 e. The van der Waals surface area contributed by atoms with Crippen molar-refractivity contribution in [2.75, 3.05) is 11.9 Å². The van der Waals surface area contributed by atoms with Gasteiger partial charge in [-0.1, -0.05) is 51.2 Å². The molecule has 0 aromatic heterocycles. The van der Waals surface area contributed by atoms with Crippen molar-refractivity contribution < 1.29 is 9.53 Å². The number of anilines is 1. The molecule has 1 aromatic carbocycles. The van der Waals surface area contributed by atoms with Crippen molar-refractivity contribution in [2.45, 2.75) is 78.2 Å². The van der Waals surface area contributed by atoms with Crippen molar-refractivity contribution in [2.24, 2.45) is 0 Å². The third kappa shape index (κ3) is 8.06. The molecule has 1 amide bonds. The first-order valence-electron chi connectivity index (χ1n) is 8.89. The summed E-state index contributed by atoms with van der Waals surface area (Å²) < 4.78 is 5.38. The Morgan fingerprint density at radius 3 is 2.13 bits per heavy atom. The highest BCUT2D eigenvalue weighted by Gasteiger charge is 2.20. The van der Waals surface area contributed by atoms with Crippen molar-refractivity contribution in [1.29, 1.82) is 0 Å². The summed E-state index contributed by atoms with van der Waals surface area (Å²) in [6.45, 7) is 7.88. The van der Waals surface area contributed by atoms with Crippen LogP contribution in [0.2, 0.25) is 0 Å². The van der Waals surface area contributed by atoms with Gasteiger partial charge in [0.05, 0.1) is 0 Å². The van der Waals surface area contributed by atoms with Crippen LogP contribution in [0.3, 0.4) is 0 Å². The van der Waals surface area contributed by atoms with Gasteiger partial charge in [-0.15, -0.1) is 0 Å². The van der Waals surface area contributed by atoms with Crippen LogP contribution in [0.15, 0.2) is 24.3 Å². The third-order valence-corrected chi connectivity index (χ3v) is 3.81. The minimum absolute atomic E-state index is 0.318. The van der Waals surface area contributed by atoms with Crippen molar-refractivity contribution in [3.05, 3.63) is 29.8 Å². The first-order valence-corrected chi connectivity index (χ1v) is 8.89. The fourth-order valence-electron chi connectivity index (χ4n) is 2.43. The number of hydrogen-bond donors (Lipinski definition) is 0. The molecule has 1 rings (SSSR count). The Morgan fingerprint density at radius 1 is 1.00 bits per heavy atom. The van der Waals surface area contributed by atoms with Crippen LogP contribution in [-0.2, 0) is 11.2 Å². The van der Waals surface area contributed by atoms with E-state index in [0.29, 0.717) is 0 Å². The number of nitrogens with zero attached hydrogens (tertiary/aromatic N) is 1. The van der Waals surface area contributed by atoms with Gasteiger partial charge < -0.3 is 4.74 Å². The highest BCUT2D eigenvalue weighted by Crippen LogP contribution is 2.18. The van der Waals surface area contributed by atoms with E-state index < -0.39 is 5.60 Å². The Labute approximate surface area is 142 Å². The maximum Gasteiger partial charge on any atom is 0.414 e. The van der Waals surface area contributed by atoms with E-state index in [2.05, 4.69) is 19.1 Å². The van der Waals surface area contributed by atoms with Crippen LogP contribution < -0.4 is 4.90 Å². The Bertz CT molecular complexity index is 460. The lowest BCUT2D eigenvalue weighted by Gasteiger charge is -2.24. The van der Waals surface area contributed by atoms with E-state index in [1.807, 2.05) is 32.9 Å². The lowest BCUT2D eigenvalue weighted by molar-refractivity contribution is 0.0589. The molecule has 130 valence electrons. The fraction of sp³-hybridized carbons (Fsp3) is 0.650. The van der Waals surface area contributed by atoms with E-state index in [1.165, 1.54) is 44.1 Å². The number of ether oxygens (including phenoxy) is 1.